The van der Waals surface area contributed by atoms with Crippen molar-refractivity contribution in [3.63, 3.8) is 0 Å². The van der Waals surface area contributed by atoms with Gasteiger partial charge in [0.15, 0.2) is 0 Å². The third kappa shape index (κ3) is 2.99. The Morgan fingerprint density at radius 1 is 1.38 bits per heavy atom. The second-order valence-electron chi connectivity index (χ2n) is 4.17. The van der Waals surface area contributed by atoms with E-state index in [9.17, 15) is 14.7 Å². The first kappa shape index (κ1) is 12.6. The highest BCUT2D eigenvalue weighted by atomic mass is 16.4. The third-order valence-corrected chi connectivity index (χ3v) is 3.06. The fourth-order valence-corrected chi connectivity index (χ4v) is 2.12. The van der Waals surface area contributed by atoms with E-state index in [1.807, 2.05) is 0 Å². The van der Waals surface area contributed by atoms with Crippen LogP contribution in [0.2, 0.25) is 0 Å². The molecule has 0 spiro atoms. The van der Waals surface area contributed by atoms with E-state index < -0.39 is 11.4 Å². The lowest BCUT2D eigenvalue weighted by atomic mass is 9.82. The SMILES string of the molecule is CC#CCNC(=O)CC1(C(=O)O)CCCC1. The van der Waals surface area contributed by atoms with Gasteiger partial charge in [0, 0.05) is 6.42 Å². The summed E-state index contributed by atoms with van der Waals surface area (Å²) < 4.78 is 0. The highest BCUT2D eigenvalue weighted by molar-refractivity contribution is 5.85. The Labute approximate surface area is 95.4 Å². The van der Waals surface area contributed by atoms with Crippen molar-refractivity contribution in [3.05, 3.63) is 0 Å². The Hall–Kier alpha value is -1.50. The number of nitrogens with one attached hydrogen (secondary N) is 1. The van der Waals surface area contributed by atoms with Gasteiger partial charge in [0.05, 0.1) is 12.0 Å². The number of aliphatic carboxylic acids is 1. The number of rotatable bonds is 4. The smallest absolute Gasteiger partial charge is 0.310 e. The van der Waals surface area contributed by atoms with Crippen molar-refractivity contribution in [1.29, 1.82) is 0 Å². The molecular formula is C12H17NO3. The Morgan fingerprint density at radius 2 is 2.00 bits per heavy atom. The van der Waals surface area contributed by atoms with Crippen molar-refractivity contribution >= 4 is 11.9 Å². The topological polar surface area (TPSA) is 66.4 Å². The lowest BCUT2D eigenvalue weighted by Crippen LogP contribution is -2.35. The van der Waals surface area contributed by atoms with Crippen LogP contribution < -0.4 is 5.32 Å². The van der Waals surface area contributed by atoms with Crippen LogP contribution in [-0.2, 0) is 9.59 Å². The summed E-state index contributed by atoms with van der Waals surface area (Å²) in [6, 6.07) is 0. The predicted molar refractivity (Wildman–Crippen MR) is 59.6 cm³/mol. The minimum absolute atomic E-state index is 0.0771. The fourth-order valence-electron chi connectivity index (χ4n) is 2.12. The highest BCUT2D eigenvalue weighted by Gasteiger charge is 2.42. The third-order valence-electron chi connectivity index (χ3n) is 3.06. The minimum atomic E-state index is -0.846. The first-order valence-electron chi connectivity index (χ1n) is 5.50. The first-order chi connectivity index (χ1) is 7.60. The summed E-state index contributed by atoms with van der Waals surface area (Å²) in [5, 5.41) is 11.8. The summed E-state index contributed by atoms with van der Waals surface area (Å²) in [5.74, 6) is 4.32. The minimum Gasteiger partial charge on any atom is -0.481 e. The lowest BCUT2D eigenvalue weighted by molar-refractivity contribution is -0.151. The number of hydrogen-bond acceptors (Lipinski definition) is 2. The molecule has 4 heteroatoms. The molecule has 4 nitrogen and oxygen atoms in total. The van der Waals surface area contributed by atoms with E-state index in [0.29, 0.717) is 19.4 Å². The van der Waals surface area contributed by atoms with Gasteiger partial charge in [-0.1, -0.05) is 18.8 Å². The maximum atomic E-state index is 11.5. The first-order valence-corrected chi connectivity index (χ1v) is 5.50. The van der Waals surface area contributed by atoms with Crippen LogP contribution in [0, 0.1) is 17.3 Å². The number of carbonyl (C=O) groups excluding carboxylic acids is 1. The zero-order valence-corrected chi connectivity index (χ0v) is 9.51. The average Bonchev–Trinajstić information content (AvgIpc) is 2.68. The van der Waals surface area contributed by atoms with E-state index in [0.717, 1.165) is 12.8 Å². The molecule has 16 heavy (non-hydrogen) atoms. The molecule has 0 heterocycles. The fraction of sp³-hybridized carbons (Fsp3) is 0.667. The van der Waals surface area contributed by atoms with E-state index in [-0.39, 0.29) is 12.3 Å². The van der Waals surface area contributed by atoms with E-state index in [4.69, 9.17) is 0 Å². The molecule has 0 aliphatic heterocycles. The van der Waals surface area contributed by atoms with Crippen LogP contribution in [-0.4, -0.2) is 23.5 Å². The summed E-state index contributed by atoms with van der Waals surface area (Å²) in [6.07, 6.45) is 3.08. The van der Waals surface area contributed by atoms with Crippen molar-refractivity contribution in [3.8, 4) is 11.8 Å². The molecule has 1 aliphatic rings. The van der Waals surface area contributed by atoms with Crippen LogP contribution >= 0.6 is 0 Å². The summed E-state index contributed by atoms with van der Waals surface area (Å²) in [5.41, 5.74) is -0.830. The van der Waals surface area contributed by atoms with Gasteiger partial charge in [0.1, 0.15) is 0 Å². The molecule has 0 atom stereocenters. The monoisotopic (exact) mass is 223 g/mol. The Balaban J connectivity index is 2.51. The van der Waals surface area contributed by atoms with Gasteiger partial charge >= 0.3 is 5.97 Å². The maximum Gasteiger partial charge on any atom is 0.310 e. The van der Waals surface area contributed by atoms with E-state index in [1.54, 1.807) is 6.92 Å². The van der Waals surface area contributed by atoms with Crippen molar-refractivity contribution in [2.24, 2.45) is 5.41 Å². The van der Waals surface area contributed by atoms with Gasteiger partial charge in [-0.3, -0.25) is 9.59 Å². The highest BCUT2D eigenvalue weighted by Crippen LogP contribution is 2.41. The lowest BCUT2D eigenvalue weighted by Gasteiger charge is -2.22. The summed E-state index contributed by atoms with van der Waals surface area (Å²) in [6.45, 7) is 1.99. The zero-order valence-electron chi connectivity index (χ0n) is 9.51. The van der Waals surface area contributed by atoms with Gasteiger partial charge in [-0.2, -0.15) is 0 Å². The summed E-state index contributed by atoms with van der Waals surface area (Å²) in [7, 11) is 0. The van der Waals surface area contributed by atoms with Crippen LogP contribution in [0.5, 0.6) is 0 Å². The molecule has 0 saturated heterocycles. The van der Waals surface area contributed by atoms with E-state index in [2.05, 4.69) is 17.2 Å². The molecule has 0 bridgehead atoms. The molecule has 1 fully saturated rings. The van der Waals surface area contributed by atoms with Crippen LogP contribution in [0.3, 0.4) is 0 Å². The molecular weight excluding hydrogens is 206 g/mol. The van der Waals surface area contributed by atoms with Crippen molar-refractivity contribution in [2.75, 3.05) is 6.54 Å². The second kappa shape index (κ2) is 5.55. The van der Waals surface area contributed by atoms with E-state index >= 15 is 0 Å². The largest absolute Gasteiger partial charge is 0.481 e. The van der Waals surface area contributed by atoms with Gasteiger partial charge in [-0.25, -0.2) is 0 Å². The average molecular weight is 223 g/mol. The maximum absolute atomic E-state index is 11.5. The number of carboxylic acid groups (broad SMARTS) is 1. The van der Waals surface area contributed by atoms with Gasteiger partial charge in [0.2, 0.25) is 5.91 Å². The molecule has 0 radical (unpaired) electrons. The molecule has 0 aromatic rings. The van der Waals surface area contributed by atoms with Gasteiger partial charge in [-0.05, 0) is 19.8 Å². The van der Waals surface area contributed by atoms with Crippen molar-refractivity contribution in [1.82, 2.24) is 5.32 Å². The Morgan fingerprint density at radius 3 is 2.50 bits per heavy atom. The van der Waals surface area contributed by atoms with Gasteiger partial charge in [0.25, 0.3) is 0 Å². The van der Waals surface area contributed by atoms with Gasteiger partial charge < -0.3 is 10.4 Å². The number of carbonyl (C=O) groups is 2. The standard InChI is InChI=1S/C12H17NO3/c1-2-3-8-13-10(14)9-12(11(15)16)6-4-5-7-12/h4-9H2,1H3,(H,13,14)(H,15,16). The Kier molecular flexibility index (Phi) is 4.36. The van der Waals surface area contributed by atoms with Crippen molar-refractivity contribution < 1.29 is 14.7 Å². The second-order valence-corrected chi connectivity index (χ2v) is 4.17. The molecule has 0 aromatic heterocycles. The van der Waals surface area contributed by atoms with Crippen LogP contribution in [0.1, 0.15) is 39.0 Å². The van der Waals surface area contributed by atoms with Crippen molar-refractivity contribution in [2.45, 2.75) is 39.0 Å². The quantitative estimate of drug-likeness (QED) is 0.703. The summed E-state index contributed by atoms with van der Waals surface area (Å²) >= 11 is 0. The molecule has 88 valence electrons. The Bertz CT molecular complexity index is 332. The molecule has 1 rings (SSSR count). The molecule has 0 aromatic carbocycles. The van der Waals surface area contributed by atoms with Crippen LogP contribution in [0.4, 0.5) is 0 Å². The molecule has 1 saturated carbocycles. The number of amides is 1. The van der Waals surface area contributed by atoms with Crippen LogP contribution in [0.25, 0.3) is 0 Å². The molecule has 0 unspecified atom stereocenters. The zero-order chi connectivity index (χ0) is 12.0. The predicted octanol–water partition coefficient (Wildman–Crippen LogP) is 1.16. The molecule has 2 N–H and O–H groups in total. The van der Waals surface area contributed by atoms with E-state index in [1.165, 1.54) is 0 Å². The normalized spacial score (nSPS) is 17.3. The molecule has 1 aliphatic carbocycles. The molecule has 1 amide bonds. The summed E-state index contributed by atoms with van der Waals surface area (Å²) in [4.78, 5) is 22.7. The number of hydrogen-bond donors (Lipinski definition) is 2. The van der Waals surface area contributed by atoms with Crippen LogP contribution in [0.15, 0.2) is 0 Å². The number of carboxylic acids is 1. The van der Waals surface area contributed by atoms with Gasteiger partial charge in [-0.15, -0.1) is 5.92 Å².